The largest absolute Gasteiger partial charge is 0.348 e. The van der Waals surface area contributed by atoms with Gasteiger partial charge in [0.05, 0.1) is 4.90 Å². The van der Waals surface area contributed by atoms with E-state index in [0.29, 0.717) is 18.7 Å². The van der Waals surface area contributed by atoms with Crippen LogP contribution in [0.3, 0.4) is 0 Å². The smallest absolute Gasteiger partial charge is 0.253 e. The average Bonchev–Trinajstić information content (AvgIpc) is 2.53. The van der Waals surface area contributed by atoms with E-state index < -0.39 is 21.5 Å². The van der Waals surface area contributed by atoms with Crippen LogP contribution in [0.5, 0.6) is 0 Å². The summed E-state index contributed by atoms with van der Waals surface area (Å²) in [7, 11) is -0.691. The average molecular weight is 390 g/mol. The van der Waals surface area contributed by atoms with Crippen LogP contribution in [0.1, 0.15) is 17.3 Å². The molecule has 1 saturated heterocycles. The van der Waals surface area contributed by atoms with Crippen molar-refractivity contribution < 1.29 is 18.0 Å². The molecule has 140 valence electrons. The van der Waals surface area contributed by atoms with Crippen molar-refractivity contribution in [2.75, 3.05) is 39.5 Å². The van der Waals surface area contributed by atoms with Gasteiger partial charge in [-0.2, -0.15) is 0 Å². The van der Waals surface area contributed by atoms with Crippen molar-refractivity contribution in [3.05, 3.63) is 29.8 Å². The Balaban J connectivity index is 0.00000312. The van der Waals surface area contributed by atoms with Gasteiger partial charge in [0.15, 0.2) is 9.84 Å². The van der Waals surface area contributed by atoms with Crippen LogP contribution in [0, 0.1) is 0 Å². The van der Waals surface area contributed by atoms with E-state index in [1.807, 2.05) is 6.92 Å². The van der Waals surface area contributed by atoms with Crippen molar-refractivity contribution in [2.45, 2.75) is 17.9 Å². The molecule has 25 heavy (non-hydrogen) atoms. The lowest BCUT2D eigenvalue weighted by atomic mass is 10.1. The molecule has 0 aromatic heterocycles. The first kappa shape index (κ1) is 21.4. The van der Waals surface area contributed by atoms with Crippen LogP contribution in [0.4, 0.5) is 0 Å². The lowest BCUT2D eigenvalue weighted by Crippen LogP contribution is -2.51. The summed E-state index contributed by atoms with van der Waals surface area (Å²) in [6, 6.07) is 6.01. The van der Waals surface area contributed by atoms with Gasteiger partial charge < -0.3 is 15.1 Å². The van der Waals surface area contributed by atoms with Crippen LogP contribution in [0.2, 0.25) is 0 Å². The minimum atomic E-state index is -3.71. The summed E-state index contributed by atoms with van der Waals surface area (Å²) in [5, 5.41) is 3.27. The second-order valence-electron chi connectivity index (χ2n) is 6.18. The minimum Gasteiger partial charge on any atom is -0.348 e. The normalized spacial score (nSPS) is 17.6. The zero-order valence-corrected chi connectivity index (χ0v) is 16.2. The molecular weight excluding hydrogens is 366 g/mol. The molecular formula is C16H24ClN3O4S. The highest BCUT2D eigenvalue weighted by Gasteiger charge is 2.23. The van der Waals surface area contributed by atoms with E-state index in [2.05, 4.69) is 5.32 Å². The van der Waals surface area contributed by atoms with Gasteiger partial charge in [0, 0.05) is 45.3 Å². The molecule has 1 aromatic rings. The lowest BCUT2D eigenvalue weighted by molar-refractivity contribution is -0.125. The van der Waals surface area contributed by atoms with Gasteiger partial charge in [-0.1, -0.05) is 0 Å². The zero-order chi connectivity index (χ0) is 17.9. The Kier molecular flexibility index (Phi) is 7.40. The predicted octanol–water partition coefficient (Wildman–Crippen LogP) is 0.404. The van der Waals surface area contributed by atoms with Crippen molar-refractivity contribution in [3.63, 3.8) is 0 Å². The van der Waals surface area contributed by atoms with E-state index in [-0.39, 0.29) is 29.3 Å². The van der Waals surface area contributed by atoms with E-state index in [0.717, 1.165) is 6.54 Å². The Morgan fingerprint density at radius 3 is 2.36 bits per heavy atom. The third kappa shape index (κ3) is 5.42. The molecule has 0 bridgehead atoms. The van der Waals surface area contributed by atoms with E-state index in [9.17, 15) is 18.0 Å². The van der Waals surface area contributed by atoms with Crippen LogP contribution >= 0.6 is 12.4 Å². The number of benzene rings is 1. The van der Waals surface area contributed by atoms with Crippen LogP contribution in [0.15, 0.2) is 29.2 Å². The van der Waals surface area contributed by atoms with Crippen LogP contribution < -0.4 is 5.32 Å². The number of rotatable bonds is 4. The number of carbonyl (C=O) groups is 2. The molecule has 2 amide bonds. The fourth-order valence-electron chi connectivity index (χ4n) is 2.48. The molecule has 1 fully saturated rings. The maximum atomic E-state index is 12.5. The number of piperazine rings is 1. The molecule has 1 aliphatic heterocycles. The first-order valence-electron chi connectivity index (χ1n) is 7.76. The Labute approximate surface area is 154 Å². The third-order valence-electron chi connectivity index (χ3n) is 3.93. The van der Waals surface area contributed by atoms with Crippen molar-refractivity contribution in [1.29, 1.82) is 0 Å². The summed E-state index contributed by atoms with van der Waals surface area (Å²) in [5.74, 6) is -1.18. The second kappa shape index (κ2) is 8.64. The van der Waals surface area contributed by atoms with Gasteiger partial charge >= 0.3 is 0 Å². The lowest BCUT2D eigenvalue weighted by Gasteiger charge is -2.32. The van der Waals surface area contributed by atoms with Gasteiger partial charge in [-0.25, -0.2) is 8.42 Å². The number of halogens is 1. The van der Waals surface area contributed by atoms with Gasteiger partial charge in [0.2, 0.25) is 5.91 Å². The molecule has 2 rings (SSSR count). The predicted molar refractivity (Wildman–Crippen MR) is 97.8 cm³/mol. The highest BCUT2D eigenvalue weighted by molar-refractivity contribution is 7.92. The fourth-order valence-corrected chi connectivity index (χ4v) is 3.78. The molecule has 7 nitrogen and oxygen atoms in total. The molecule has 0 aliphatic carbocycles. The highest BCUT2D eigenvalue weighted by atomic mass is 35.5. The number of sulfone groups is 1. The summed E-state index contributed by atoms with van der Waals surface area (Å²) < 4.78 is 24.4. The molecule has 1 unspecified atom stereocenters. The highest BCUT2D eigenvalue weighted by Crippen LogP contribution is 2.15. The maximum absolute atomic E-state index is 12.5. The molecule has 1 atom stereocenters. The maximum Gasteiger partial charge on any atom is 0.253 e. The van der Waals surface area contributed by atoms with Crippen molar-refractivity contribution >= 4 is 34.1 Å². The van der Waals surface area contributed by atoms with Gasteiger partial charge in [-0.05, 0) is 31.2 Å². The third-order valence-corrected chi connectivity index (χ3v) is 5.55. The summed E-state index contributed by atoms with van der Waals surface area (Å²) in [5.41, 5.74) is 0.446. The Bertz CT molecular complexity index is 719. The van der Waals surface area contributed by atoms with Gasteiger partial charge in [0.1, 0.15) is 5.75 Å². The number of nitrogens with one attached hydrogen (secondary N) is 1. The number of nitrogens with zero attached hydrogens (tertiary/aromatic N) is 2. The van der Waals surface area contributed by atoms with Crippen molar-refractivity contribution in [2.24, 2.45) is 0 Å². The molecule has 1 N–H and O–H groups in total. The monoisotopic (exact) mass is 389 g/mol. The SMILES string of the molecule is CC1CN(C(=O)c2ccc(S(=O)(=O)CC(=O)N(C)C)cc2)CCN1.Cl. The number of hydrogen-bond acceptors (Lipinski definition) is 5. The molecule has 1 heterocycles. The van der Waals surface area contributed by atoms with Crippen LogP contribution in [0.25, 0.3) is 0 Å². The standard InChI is InChI=1S/C16H23N3O4S.ClH/c1-12-10-19(9-8-17-12)16(21)13-4-6-14(7-5-13)24(22,23)11-15(20)18(2)3;/h4-7,12,17H,8-11H2,1-3H3;1H. The topological polar surface area (TPSA) is 86.8 Å². The van der Waals surface area contributed by atoms with Crippen molar-refractivity contribution in [3.8, 4) is 0 Å². The van der Waals surface area contributed by atoms with Crippen LogP contribution in [-0.4, -0.2) is 75.6 Å². The summed E-state index contributed by atoms with van der Waals surface area (Å²) in [6.07, 6.45) is 0. The Hall–Kier alpha value is -1.64. The zero-order valence-electron chi connectivity index (χ0n) is 14.6. The van der Waals surface area contributed by atoms with Gasteiger partial charge in [-0.3, -0.25) is 9.59 Å². The molecule has 0 radical (unpaired) electrons. The molecule has 0 spiro atoms. The van der Waals surface area contributed by atoms with Gasteiger partial charge in [0.25, 0.3) is 5.91 Å². The van der Waals surface area contributed by atoms with E-state index >= 15 is 0 Å². The van der Waals surface area contributed by atoms with Crippen LogP contribution in [-0.2, 0) is 14.6 Å². The summed E-state index contributed by atoms with van der Waals surface area (Å²) in [4.78, 5) is 27.1. The summed E-state index contributed by atoms with van der Waals surface area (Å²) >= 11 is 0. The second-order valence-corrected chi connectivity index (χ2v) is 8.17. The minimum absolute atomic E-state index is 0. The summed E-state index contributed by atoms with van der Waals surface area (Å²) in [6.45, 7) is 4.00. The first-order valence-corrected chi connectivity index (χ1v) is 9.41. The first-order chi connectivity index (χ1) is 11.2. The molecule has 9 heteroatoms. The van der Waals surface area contributed by atoms with Crippen molar-refractivity contribution in [1.82, 2.24) is 15.1 Å². The number of hydrogen-bond donors (Lipinski definition) is 1. The number of carbonyl (C=O) groups excluding carboxylic acids is 2. The van der Waals surface area contributed by atoms with E-state index in [1.54, 1.807) is 4.90 Å². The van der Waals surface area contributed by atoms with E-state index in [1.165, 1.54) is 43.3 Å². The number of amides is 2. The van der Waals surface area contributed by atoms with Gasteiger partial charge in [-0.15, -0.1) is 12.4 Å². The molecule has 0 saturated carbocycles. The fraction of sp³-hybridized carbons (Fsp3) is 0.500. The quantitative estimate of drug-likeness (QED) is 0.805. The Morgan fingerprint density at radius 1 is 1.24 bits per heavy atom. The Morgan fingerprint density at radius 2 is 1.84 bits per heavy atom. The molecule has 1 aromatic carbocycles. The molecule has 1 aliphatic rings. The van der Waals surface area contributed by atoms with E-state index in [4.69, 9.17) is 0 Å².